The molecule has 0 aliphatic carbocycles. The number of hydrogen-bond acceptors (Lipinski definition) is 8. The van der Waals surface area contributed by atoms with Crippen molar-refractivity contribution in [2.24, 2.45) is 0 Å². The van der Waals surface area contributed by atoms with Crippen LogP contribution in [0.15, 0.2) is 115 Å². The van der Waals surface area contributed by atoms with E-state index in [0.717, 1.165) is 47.9 Å². The third-order valence-electron chi connectivity index (χ3n) is 8.93. The number of carbonyl (C=O) groups is 1. The largest absolute Gasteiger partial charge is 0.478 e. The van der Waals surface area contributed by atoms with Crippen LogP contribution in [0.4, 0.5) is 0 Å². The van der Waals surface area contributed by atoms with Crippen molar-refractivity contribution >= 4 is 51.4 Å². The van der Waals surface area contributed by atoms with Gasteiger partial charge in [0.15, 0.2) is 11.5 Å². The van der Waals surface area contributed by atoms with Crippen molar-refractivity contribution in [1.29, 1.82) is 0 Å². The molecule has 0 aliphatic rings. The summed E-state index contributed by atoms with van der Waals surface area (Å²) >= 11 is 4.48. The Hall–Kier alpha value is -5.61. The van der Waals surface area contributed by atoms with E-state index in [2.05, 4.69) is 88.4 Å². The molecule has 0 atom stereocenters. The lowest BCUT2D eigenvalue weighted by atomic mass is 10.0. The highest BCUT2D eigenvalue weighted by Gasteiger charge is 2.30. The number of rotatable bonds is 9. The van der Waals surface area contributed by atoms with Crippen LogP contribution < -0.4 is 9.47 Å². The Kier molecular flexibility index (Phi) is 8.92. The molecule has 8 rings (SSSR count). The van der Waals surface area contributed by atoms with Crippen LogP contribution >= 0.6 is 34.4 Å². The lowest BCUT2D eigenvalue weighted by Gasteiger charge is -2.19. The van der Waals surface area contributed by atoms with Gasteiger partial charge in [-0.3, -0.25) is 0 Å². The molecule has 0 spiro atoms. The Morgan fingerprint density at radius 3 is 1.50 bits per heavy atom. The molecule has 9 heteroatoms. The first-order valence-electron chi connectivity index (χ1n) is 16.7. The zero-order chi connectivity index (χ0) is 35.9. The summed E-state index contributed by atoms with van der Waals surface area (Å²) in [5.41, 5.74) is 10.2. The average molecular weight is 737 g/mol. The summed E-state index contributed by atoms with van der Waals surface area (Å²) in [5, 5.41) is 9.60. The predicted molar refractivity (Wildman–Crippen MR) is 214 cm³/mol. The third-order valence-corrected chi connectivity index (χ3v) is 11.7. The molecule has 6 nitrogen and oxygen atoms in total. The molecule has 1 N–H and O–H groups in total. The quantitative estimate of drug-likeness (QED) is 0.159. The van der Waals surface area contributed by atoms with Crippen molar-refractivity contribution < 1.29 is 19.4 Å². The predicted octanol–water partition coefficient (Wildman–Crippen LogP) is 13.0. The summed E-state index contributed by atoms with van der Waals surface area (Å²) in [4.78, 5) is 15.9. The van der Waals surface area contributed by atoms with Gasteiger partial charge in [-0.15, -0.1) is 22.7 Å². The van der Waals surface area contributed by atoms with E-state index in [4.69, 9.17) is 18.2 Å². The van der Waals surface area contributed by atoms with Gasteiger partial charge in [0.25, 0.3) is 0 Å². The normalized spacial score (nSPS) is 11.2. The molecule has 3 heterocycles. The molecule has 5 aromatic carbocycles. The topological polar surface area (TPSA) is 81.5 Å². The fraction of sp³-hybridized carbons (Fsp3) is 0.0930. The highest BCUT2D eigenvalue weighted by molar-refractivity contribution is 7.19. The fourth-order valence-corrected chi connectivity index (χ4v) is 9.06. The second kappa shape index (κ2) is 13.8. The maximum Gasteiger partial charge on any atom is 0.335 e. The SMILES string of the molecule is Cc1ccc(C)c(-c2ccc(-c3c(Oc4ccccc4)c(Oc4ccc(C(=O)O)cc4)c(-c4ccc(-c5cc(C)ccc5C)s4)c4nsnc34)s2)c1. The van der Waals surface area contributed by atoms with Crippen LogP contribution in [0.2, 0.25) is 0 Å². The van der Waals surface area contributed by atoms with Gasteiger partial charge in [0.1, 0.15) is 22.5 Å². The molecule has 0 radical (unpaired) electrons. The van der Waals surface area contributed by atoms with Crippen LogP contribution in [0.1, 0.15) is 32.6 Å². The van der Waals surface area contributed by atoms with Crippen LogP contribution in [0.5, 0.6) is 23.0 Å². The average Bonchev–Trinajstić information content (AvgIpc) is 3.94. The smallest absolute Gasteiger partial charge is 0.335 e. The van der Waals surface area contributed by atoms with Crippen LogP contribution in [0.3, 0.4) is 0 Å². The summed E-state index contributed by atoms with van der Waals surface area (Å²) in [6, 6.07) is 37.6. The molecule has 256 valence electrons. The maximum atomic E-state index is 11.7. The minimum Gasteiger partial charge on any atom is -0.478 e. The minimum atomic E-state index is -1.01. The molecule has 8 aromatic rings. The number of aromatic carboxylic acids is 1. The Morgan fingerprint density at radius 1 is 0.558 bits per heavy atom. The lowest BCUT2D eigenvalue weighted by molar-refractivity contribution is 0.0697. The first-order valence-corrected chi connectivity index (χ1v) is 19.0. The molecular weight excluding hydrogens is 705 g/mol. The van der Waals surface area contributed by atoms with Crippen LogP contribution in [-0.2, 0) is 0 Å². The van der Waals surface area contributed by atoms with E-state index in [-0.39, 0.29) is 5.56 Å². The van der Waals surface area contributed by atoms with Crippen molar-refractivity contribution in [3.8, 4) is 64.8 Å². The molecule has 0 fully saturated rings. The van der Waals surface area contributed by atoms with Crippen LogP contribution in [0.25, 0.3) is 52.8 Å². The second-order valence-corrected chi connectivity index (χ2v) is 15.4. The van der Waals surface area contributed by atoms with E-state index < -0.39 is 5.97 Å². The first kappa shape index (κ1) is 33.5. The van der Waals surface area contributed by atoms with Crippen molar-refractivity contribution in [1.82, 2.24) is 8.75 Å². The molecule has 52 heavy (non-hydrogen) atoms. The molecular formula is C43H32N2O4S3. The van der Waals surface area contributed by atoms with Crippen molar-refractivity contribution in [3.63, 3.8) is 0 Å². The number of thiophene rings is 2. The number of nitrogens with zero attached hydrogens (tertiary/aromatic N) is 2. The Balaban J connectivity index is 1.40. The molecule has 0 aliphatic heterocycles. The zero-order valence-corrected chi connectivity index (χ0v) is 31.2. The molecule has 0 amide bonds. The molecule has 0 bridgehead atoms. The number of benzene rings is 5. The van der Waals surface area contributed by atoms with Crippen molar-refractivity contribution in [3.05, 3.63) is 143 Å². The van der Waals surface area contributed by atoms with Gasteiger partial charge < -0.3 is 14.6 Å². The van der Waals surface area contributed by atoms with E-state index in [9.17, 15) is 9.90 Å². The van der Waals surface area contributed by atoms with Gasteiger partial charge in [-0.1, -0.05) is 65.7 Å². The van der Waals surface area contributed by atoms with E-state index in [1.165, 1.54) is 33.4 Å². The number of aryl methyl sites for hydroxylation is 4. The molecule has 0 saturated heterocycles. The number of carboxylic acid groups (broad SMARTS) is 1. The Labute approximate surface area is 313 Å². The number of fused-ring (bicyclic) bond motifs is 1. The van der Waals surface area contributed by atoms with Gasteiger partial charge in [-0.2, -0.15) is 8.75 Å². The number of para-hydroxylation sites is 1. The fourth-order valence-electron chi connectivity index (χ4n) is 6.24. The van der Waals surface area contributed by atoms with Gasteiger partial charge in [0, 0.05) is 19.5 Å². The highest BCUT2D eigenvalue weighted by Crippen LogP contribution is 2.56. The van der Waals surface area contributed by atoms with E-state index in [0.29, 0.717) is 28.5 Å². The van der Waals surface area contributed by atoms with Crippen molar-refractivity contribution in [2.75, 3.05) is 0 Å². The Bertz CT molecular complexity index is 2600. The van der Waals surface area contributed by atoms with E-state index in [1.54, 1.807) is 46.9 Å². The summed E-state index contributed by atoms with van der Waals surface area (Å²) in [6.45, 7) is 8.46. The number of aromatic nitrogens is 2. The monoisotopic (exact) mass is 736 g/mol. The van der Waals surface area contributed by atoms with Crippen LogP contribution in [-0.4, -0.2) is 19.8 Å². The van der Waals surface area contributed by atoms with Gasteiger partial charge in [-0.25, -0.2) is 4.79 Å². The van der Waals surface area contributed by atoms with Crippen molar-refractivity contribution in [2.45, 2.75) is 27.7 Å². The summed E-state index contributed by atoms with van der Waals surface area (Å²) in [6.07, 6.45) is 0. The number of carboxylic acids is 1. The summed E-state index contributed by atoms with van der Waals surface area (Å²) in [5.74, 6) is 1.06. The van der Waals surface area contributed by atoms with E-state index >= 15 is 0 Å². The first-order chi connectivity index (χ1) is 25.2. The standard InChI is InChI=1S/C43H32N2O4S3/c1-24-10-12-26(3)31(22-24)33-18-20-35(50-33)37-39-40(45-52-44-39)38(36-21-19-34(51-36)32-23-25(2)11-13-27(32)4)42(41(37)48-29-8-6-5-7-9-29)49-30-16-14-28(15-17-30)43(46)47/h5-23H,1-4H3,(H,46,47). The van der Waals surface area contributed by atoms with Gasteiger partial charge in [0.2, 0.25) is 0 Å². The highest BCUT2D eigenvalue weighted by atomic mass is 32.1. The molecule has 0 saturated carbocycles. The third kappa shape index (κ3) is 6.39. The second-order valence-electron chi connectivity index (χ2n) is 12.7. The maximum absolute atomic E-state index is 11.7. The molecule has 0 unspecified atom stereocenters. The number of ether oxygens (including phenoxy) is 2. The van der Waals surface area contributed by atoms with Gasteiger partial charge in [0.05, 0.1) is 28.4 Å². The van der Waals surface area contributed by atoms with Gasteiger partial charge >= 0.3 is 5.97 Å². The number of hydrogen-bond donors (Lipinski definition) is 1. The van der Waals surface area contributed by atoms with Gasteiger partial charge in [-0.05, 0) is 111 Å². The zero-order valence-electron chi connectivity index (χ0n) is 28.8. The minimum absolute atomic E-state index is 0.169. The lowest BCUT2D eigenvalue weighted by Crippen LogP contribution is -1.99. The summed E-state index contributed by atoms with van der Waals surface area (Å²) in [7, 11) is 0. The Morgan fingerprint density at radius 2 is 1.02 bits per heavy atom. The molecule has 3 aromatic heterocycles. The van der Waals surface area contributed by atoms with Crippen LogP contribution in [0, 0.1) is 27.7 Å². The summed E-state index contributed by atoms with van der Waals surface area (Å²) < 4.78 is 23.5. The van der Waals surface area contributed by atoms with E-state index in [1.807, 2.05) is 30.3 Å².